The number of amides is 1. The first kappa shape index (κ1) is 15.0. The topological polar surface area (TPSA) is 32.3 Å². The van der Waals surface area contributed by atoms with Crippen molar-refractivity contribution in [3.05, 3.63) is 34.9 Å². The average Bonchev–Trinajstić information content (AvgIpc) is 2.45. The summed E-state index contributed by atoms with van der Waals surface area (Å²) >= 11 is 0. The van der Waals surface area contributed by atoms with Crippen LogP contribution < -0.4 is 5.32 Å². The number of rotatable bonds is 4. The lowest BCUT2D eigenvalue weighted by molar-refractivity contribution is 0.0783. The quantitative estimate of drug-likeness (QED) is 0.915. The minimum atomic E-state index is 0.162. The molecule has 1 aromatic rings. The summed E-state index contributed by atoms with van der Waals surface area (Å²) in [5.41, 5.74) is 3.02. The summed E-state index contributed by atoms with van der Waals surface area (Å²) in [5.74, 6) is 0.930. The fourth-order valence-electron chi connectivity index (χ4n) is 2.99. The standard InChI is InChI=1S/C17H26N2O/c1-13-5-4-6-14(2)16(13)17(20)19(3)12-9-15-7-10-18-11-8-15/h4-6,15,18H,7-12H2,1-3H3. The van der Waals surface area contributed by atoms with Gasteiger partial charge in [0.1, 0.15) is 0 Å². The van der Waals surface area contributed by atoms with Crippen molar-refractivity contribution >= 4 is 5.91 Å². The number of nitrogens with zero attached hydrogens (tertiary/aromatic N) is 1. The maximum Gasteiger partial charge on any atom is 0.254 e. The first-order valence-corrected chi connectivity index (χ1v) is 7.62. The number of benzene rings is 1. The molecule has 1 heterocycles. The van der Waals surface area contributed by atoms with Crippen LogP contribution in [0.3, 0.4) is 0 Å². The Hall–Kier alpha value is -1.35. The Morgan fingerprint density at radius 1 is 1.25 bits per heavy atom. The van der Waals surface area contributed by atoms with Gasteiger partial charge in [0, 0.05) is 19.2 Å². The first-order valence-electron chi connectivity index (χ1n) is 7.62. The highest BCUT2D eigenvalue weighted by atomic mass is 16.2. The molecule has 0 aliphatic carbocycles. The Kier molecular flexibility index (Phi) is 5.18. The van der Waals surface area contributed by atoms with Crippen molar-refractivity contribution in [3.8, 4) is 0 Å². The summed E-state index contributed by atoms with van der Waals surface area (Å²) in [6.07, 6.45) is 3.60. The van der Waals surface area contributed by atoms with Crippen molar-refractivity contribution in [2.45, 2.75) is 33.1 Å². The van der Waals surface area contributed by atoms with Crippen LogP contribution in [0.4, 0.5) is 0 Å². The monoisotopic (exact) mass is 274 g/mol. The smallest absolute Gasteiger partial charge is 0.254 e. The predicted molar refractivity (Wildman–Crippen MR) is 83.1 cm³/mol. The van der Waals surface area contributed by atoms with Gasteiger partial charge in [-0.15, -0.1) is 0 Å². The van der Waals surface area contributed by atoms with E-state index < -0.39 is 0 Å². The van der Waals surface area contributed by atoms with Crippen LogP contribution in [-0.4, -0.2) is 37.5 Å². The Morgan fingerprint density at radius 3 is 2.45 bits per heavy atom. The molecule has 0 aromatic heterocycles. The molecule has 3 nitrogen and oxygen atoms in total. The summed E-state index contributed by atoms with van der Waals surface area (Å²) in [6, 6.07) is 6.04. The molecule has 0 bridgehead atoms. The molecule has 1 saturated heterocycles. The van der Waals surface area contributed by atoms with E-state index in [9.17, 15) is 4.79 Å². The number of carbonyl (C=O) groups excluding carboxylic acids is 1. The largest absolute Gasteiger partial charge is 0.342 e. The number of aryl methyl sites for hydroxylation is 2. The van der Waals surface area contributed by atoms with Gasteiger partial charge in [0.25, 0.3) is 5.91 Å². The molecule has 0 saturated carbocycles. The van der Waals surface area contributed by atoms with Crippen molar-refractivity contribution in [1.82, 2.24) is 10.2 Å². The van der Waals surface area contributed by atoms with Crippen molar-refractivity contribution < 1.29 is 4.79 Å². The zero-order chi connectivity index (χ0) is 14.5. The molecule has 0 radical (unpaired) electrons. The van der Waals surface area contributed by atoms with E-state index in [1.54, 1.807) is 0 Å². The molecule has 2 rings (SSSR count). The van der Waals surface area contributed by atoms with E-state index in [2.05, 4.69) is 5.32 Å². The molecule has 3 heteroatoms. The zero-order valence-corrected chi connectivity index (χ0v) is 12.9. The van der Waals surface area contributed by atoms with Crippen LogP contribution in [0.5, 0.6) is 0 Å². The highest BCUT2D eigenvalue weighted by Gasteiger charge is 2.18. The van der Waals surface area contributed by atoms with Gasteiger partial charge in [-0.1, -0.05) is 18.2 Å². The van der Waals surface area contributed by atoms with Crippen molar-refractivity contribution in [2.24, 2.45) is 5.92 Å². The lowest BCUT2D eigenvalue weighted by atomic mass is 9.94. The Balaban J connectivity index is 1.94. The van der Waals surface area contributed by atoms with E-state index in [1.165, 1.54) is 12.8 Å². The van der Waals surface area contributed by atoms with Gasteiger partial charge in [-0.3, -0.25) is 4.79 Å². The maximum absolute atomic E-state index is 12.6. The molecule has 0 atom stereocenters. The van der Waals surface area contributed by atoms with Gasteiger partial charge in [0.2, 0.25) is 0 Å². The first-order chi connectivity index (χ1) is 9.59. The molecule has 20 heavy (non-hydrogen) atoms. The zero-order valence-electron chi connectivity index (χ0n) is 12.9. The normalized spacial score (nSPS) is 16.1. The number of hydrogen-bond donors (Lipinski definition) is 1. The van der Waals surface area contributed by atoms with Gasteiger partial charge in [-0.25, -0.2) is 0 Å². The van der Waals surface area contributed by atoms with E-state index in [0.29, 0.717) is 0 Å². The van der Waals surface area contributed by atoms with Crippen LogP contribution in [0, 0.1) is 19.8 Å². The summed E-state index contributed by atoms with van der Waals surface area (Å²) in [4.78, 5) is 14.5. The van der Waals surface area contributed by atoms with Crippen LogP contribution in [0.15, 0.2) is 18.2 Å². The van der Waals surface area contributed by atoms with Gasteiger partial charge >= 0.3 is 0 Å². The molecule has 1 N–H and O–H groups in total. The minimum Gasteiger partial charge on any atom is -0.342 e. The van der Waals surface area contributed by atoms with Crippen molar-refractivity contribution in [2.75, 3.05) is 26.7 Å². The number of hydrogen-bond acceptors (Lipinski definition) is 2. The third kappa shape index (κ3) is 3.60. The summed E-state index contributed by atoms with van der Waals surface area (Å²) in [7, 11) is 1.93. The van der Waals surface area contributed by atoms with Crippen LogP contribution in [-0.2, 0) is 0 Å². The van der Waals surface area contributed by atoms with Crippen LogP contribution in [0.1, 0.15) is 40.7 Å². The molecule has 110 valence electrons. The Morgan fingerprint density at radius 2 is 1.85 bits per heavy atom. The maximum atomic E-state index is 12.6. The van der Waals surface area contributed by atoms with Gasteiger partial charge in [-0.05, 0) is 63.2 Å². The predicted octanol–water partition coefficient (Wildman–Crippen LogP) is 2.77. The van der Waals surface area contributed by atoms with Gasteiger partial charge in [0.15, 0.2) is 0 Å². The third-order valence-corrected chi connectivity index (χ3v) is 4.37. The van der Waals surface area contributed by atoms with Crippen molar-refractivity contribution in [1.29, 1.82) is 0 Å². The average molecular weight is 274 g/mol. The number of piperidine rings is 1. The van der Waals surface area contributed by atoms with Crippen LogP contribution in [0.25, 0.3) is 0 Å². The van der Waals surface area contributed by atoms with E-state index in [4.69, 9.17) is 0 Å². The lowest BCUT2D eigenvalue weighted by Crippen LogP contribution is -2.33. The van der Waals surface area contributed by atoms with E-state index in [-0.39, 0.29) is 5.91 Å². The Bertz CT molecular complexity index is 444. The molecule has 0 spiro atoms. The molecular weight excluding hydrogens is 248 g/mol. The molecule has 0 unspecified atom stereocenters. The number of nitrogens with one attached hydrogen (secondary N) is 1. The fraction of sp³-hybridized carbons (Fsp3) is 0.588. The SMILES string of the molecule is Cc1cccc(C)c1C(=O)N(C)CCC1CCNCC1. The molecule has 1 fully saturated rings. The van der Waals surface area contributed by atoms with Crippen LogP contribution in [0.2, 0.25) is 0 Å². The summed E-state index contributed by atoms with van der Waals surface area (Å²) in [5, 5.41) is 3.39. The lowest BCUT2D eigenvalue weighted by Gasteiger charge is -2.26. The molecule has 1 aliphatic rings. The second-order valence-electron chi connectivity index (χ2n) is 5.98. The third-order valence-electron chi connectivity index (χ3n) is 4.37. The second kappa shape index (κ2) is 6.89. The minimum absolute atomic E-state index is 0.162. The summed E-state index contributed by atoms with van der Waals surface area (Å²) in [6.45, 7) is 7.14. The molecule has 1 aromatic carbocycles. The Labute approximate surface area is 122 Å². The highest BCUT2D eigenvalue weighted by Crippen LogP contribution is 2.18. The van der Waals surface area contributed by atoms with Gasteiger partial charge in [-0.2, -0.15) is 0 Å². The van der Waals surface area contributed by atoms with E-state index >= 15 is 0 Å². The van der Waals surface area contributed by atoms with E-state index in [1.807, 2.05) is 44.0 Å². The highest BCUT2D eigenvalue weighted by molar-refractivity contribution is 5.96. The molecule has 1 amide bonds. The number of carbonyl (C=O) groups is 1. The van der Waals surface area contributed by atoms with Crippen molar-refractivity contribution in [3.63, 3.8) is 0 Å². The molecular formula is C17H26N2O. The second-order valence-corrected chi connectivity index (χ2v) is 5.98. The van der Waals surface area contributed by atoms with E-state index in [0.717, 1.165) is 48.7 Å². The van der Waals surface area contributed by atoms with Gasteiger partial charge < -0.3 is 10.2 Å². The fourth-order valence-corrected chi connectivity index (χ4v) is 2.99. The van der Waals surface area contributed by atoms with Gasteiger partial charge in [0.05, 0.1) is 0 Å². The van der Waals surface area contributed by atoms with Crippen LogP contribution >= 0.6 is 0 Å². The molecule has 1 aliphatic heterocycles. The summed E-state index contributed by atoms with van der Waals surface area (Å²) < 4.78 is 0.